The molecule has 1 aliphatic rings. The third-order valence-electron chi connectivity index (χ3n) is 4.06. The molecular weight excluding hydrogens is 340 g/mol. The number of thiazole rings is 1. The van der Waals surface area contributed by atoms with Gasteiger partial charge in [0.15, 0.2) is 5.96 Å². The molecule has 2 N–H and O–H groups in total. The van der Waals surface area contributed by atoms with Crippen LogP contribution in [0.4, 0.5) is 0 Å². The maximum absolute atomic E-state index is 6.09. The van der Waals surface area contributed by atoms with Crippen molar-refractivity contribution in [2.75, 3.05) is 6.54 Å². The van der Waals surface area contributed by atoms with E-state index in [-0.39, 0.29) is 0 Å². The molecule has 24 heavy (non-hydrogen) atoms. The minimum absolute atomic E-state index is 0.420. The molecule has 0 aliphatic heterocycles. The van der Waals surface area contributed by atoms with Crippen LogP contribution in [0.25, 0.3) is 0 Å². The Balaban J connectivity index is 1.59. The summed E-state index contributed by atoms with van der Waals surface area (Å²) in [6, 6.07) is 8.55. The van der Waals surface area contributed by atoms with E-state index in [1.165, 1.54) is 10.4 Å². The van der Waals surface area contributed by atoms with Gasteiger partial charge in [-0.25, -0.2) is 9.98 Å². The first-order valence-electron chi connectivity index (χ1n) is 8.43. The molecule has 0 radical (unpaired) electrons. The summed E-state index contributed by atoms with van der Waals surface area (Å²) in [6.45, 7) is 5.69. The number of guanidine groups is 1. The monoisotopic (exact) mass is 362 g/mol. The number of aryl methyl sites for hydroxylation is 1. The number of halogens is 1. The summed E-state index contributed by atoms with van der Waals surface area (Å²) in [4.78, 5) is 10.4. The number of aromatic nitrogens is 1. The molecule has 6 heteroatoms. The Kier molecular flexibility index (Phi) is 5.74. The smallest absolute Gasteiger partial charge is 0.191 e. The van der Waals surface area contributed by atoms with Crippen molar-refractivity contribution in [1.82, 2.24) is 15.6 Å². The molecule has 1 aromatic heterocycles. The van der Waals surface area contributed by atoms with E-state index >= 15 is 0 Å². The second-order valence-electron chi connectivity index (χ2n) is 5.92. The molecule has 1 aromatic carbocycles. The molecule has 0 amide bonds. The second-order valence-corrected chi connectivity index (χ2v) is 7.55. The van der Waals surface area contributed by atoms with Crippen LogP contribution in [0.5, 0.6) is 0 Å². The van der Waals surface area contributed by atoms with Gasteiger partial charge in [0, 0.05) is 34.6 Å². The fourth-order valence-corrected chi connectivity index (χ4v) is 3.67. The zero-order chi connectivity index (χ0) is 16.9. The SMILES string of the molecule is CCNC(=NCc1ncc(CC)s1)NC1CC1c1cccc(Cl)c1. The predicted molar refractivity (Wildman–Crippen MR) is 102 cm³/mol. The molecule has 0 spiro atoms. The highest BCUT2D eigenvalue weighted by atomic mass is 35.5. The normalized spacial score (nSPS) is 20.0. The Bertz CT molecular complexity index is 713. The van der Waals surface area contributed by atoms with Crippen molar-refractivity contribution in [3.63, 3.8) is 0 Å². The first-order valence-corrected chi connectivity index (χ1v) is 9.63. The highest BCUT2D eigenvalue weighted by molar-refractivity contribution is 7.11. The maximum atomic E-state index is 6.09. The van der Waals surface area contributed by atoms with E-state index in [9.17, 15) is 0 Å². The van der Waals surface area contributed by atoms with Gasteiger partial charge < -0.3 is 10.6 Å². The third kappa shape index (κ3) is 4.48. The lowest BCUT2D eigenvalue weighted by atomic mass is 10.1. The number of hydrogen-bond donors (Lipinski definition) is 2. The third-order valence-corrected chi connectivity index (χ3v) is 5.42. The van der Waals surface area contributed by atoms with Crippen molar-refractivity contribution >= 4 is 28.9 Å². The van der Waals surface area contributed by atoms with Crippen molar-refractivity contribution in [3.8, 4) is 0 Å². The fraction of sp³-hybridized carbons (Fsp3) is 0.444. The van der Waals surface area contributed by atoms with Crippen molar-refractivity contribution in [2.24, 2.45) is 4.99 Å². The second kappa shape index (κ2) is 7.99. The van der Waals surface area contributed by atoms with Crippen LogP contribution in [0.1, 0.15) is 41.6 Å². The van der Waals surface area contributed by atoms with E-state index in [4.69, 9.17) is 11.6 Å². The lowest BCUT2D eigenvalue weighted by molar-refractivity contribution is 0.794. The fourth-order valence-electron chi connectivity index (χ4n) is 2.69. The van der Waals surface area contributed by atoms with Crippen LogP contribution in [0.3, 0.4) is 0 Å². The van der Waals surface area contributed by atoms with E-state index < -0.39 is 0 Å². The van der Waals surface area contributed by atoms with Gasteiger partial charge in [0.05, 0.1) is 6.54 Å². The Labute approximate surface area is 152 Å². The van der Waals surface area contributed by atoms with E-state index in [1.807, 2.05) is 18.3 Å². The molecule has 1 heterocycles. The standard InChI is InChI=1S/C18H23ClN4S/c1-3-14-10-21-17(24-14)11-22-18(20-4-2)23-16-9-15(16)12-6-5-7-13(19)8-12/h5-8,10,15-16H,3-4,9,11H2,1-2H3,(H2,20,22,23). The van der Waals surface area contributed by atoms with Gasteiger partial charge in [-0.1, -0.05) is 30.7 Å². The number of nitrogens with zero attached hydrogens (tertiary/aromatic N) is 2. The number of benzene rings is 1. The summed E-state index contributed by atoms with van der Waals surface area (Å²) >= 11 is 7.83. The molecule has 4 nitrogen and oxygen atoms in total. The number of nitrogens with one attached hydrogen (secondary N) is 2. The summed E-state index contributed by atoms with van der Waals surface area (Å²) in [5, 5.41) is 8.70. The van der Waals surface area contributed by atoms with Gasteiger partial charge in [0.2, 0.25) is 0 Å². The summed E-state index contributed by atoms with van der Waals surface area (Å²) in [6.07, 6.45) is 4.09. The summed E-state index contributed by atoms with van der Waals surface area (Å²) in [5.41, 5.74) is 1.29. The average molecular weight is 363 g/mol. The molecular formula is C18H23ClN4S. The zero-order valence-electron chi connectivity index (χ0n) is 14.1. The molecule has 1 aliphatic carbocycles. The summed E-state index contributed by atoms with van der Waals surface area (Å²) in [7, 11) is 0. The van der Waals surface area contributed by atoms with Gasteiger partial charge in [0.1, 0.15) is 5.01 Å². The number of aliphatic imine (C=N–C) groups is 1. The average Bonchev–Trinajstić information content (AvgIpc) is 3.19. The lowest BCUT2D eigenvalue weighted by Crippen LogP contribution is -2.39. The first-order chi connectivity index (χ1) is 11.7. The largest absolute Gasteiger partial charge is 0.357 e. The molecule has 1 fully saturated rings. The van der Waals surface area contributed by atoms with Crippen LogP contribution in [0, 0.1) is 0 Å². The predicted octanol–water partition coefficient (Wildman–Crippen LogP) is 3.97. The highest BCUT2D eigenvalue weighted by Crippen LogP contribution is 2.41. The number of rotatable bonds is 6. The van der Waals surface area contributed by atoms with Gasteiger partial charge in [0.25, 0.3) is 0 Å². The Morgan fingerprint density at radius 1 is 1.42 bits per heavy atom. The van der Waals surface area contributed by atoms with Gasteiger partial charge in [-0.2, -0.15) is 0 Å². The molecule has 2 unspecified atom stereocenters. The van der Waals surface area contributed by atoms with Gasteiger partial charge in [-0.15, -0.1) is 11.3 Å². The summed E-state index contributed by atoms with van der Waals surface area (Å²) in [5.74, 6) is 1.37. The van der Waals surface area contributed by atoms with Gasteiger partial charge in [-0.3, -0.25) is 0 Å². The van der Waals surface area contributed by atoms with Crippen LogP contribution in [0.2, 0.25) is 5.02 Å². The Morgan fingerprint density at radius 3 is 3.00 bits per heavy atom. The molecule has 0 saturated heterocycles. The van der Waals surface area contributed by atoms with E-state index in [0.717, 1.165) is 35.4 Å². The van der Waals surface area contributed by atoms with Gasteiger partial charge >= 0.3 is 0 Å². The molecule has 2 atom stereocenters. The molecule has 1 saturated carbocycles. The van der Waals surface area contributed by atoms with Crippen molar-refractivity contribution in [3.05, 3.63) is 50.9 Å². The van der Waals surface area contributed by atoms with Gasteiger partial charge in [-0.05, 0) is 37.5 Å². The topological polar surface area (TPSA) is 49.3 Å². The highest BCUT2D eigenvalue weighted by Gasteiger charge is 2.39. The van der Waals surface area contributed by atoms with E-state index in [1.54, 1.807) is 11.3 Å². The Morgan fingerprint density at radius 2 is 2.29 bits per heavy atom. The van der Waals surface area contributed by atoms with Crippen molar-refractivity contribution < 1.29 is 0 Å². The summed E-state index contributed by atoms with van der Waals surface area (Å²) < 4.78 is 0. The van der Waals surface area contributed by atoms with Crippen molar-refractivity contribution in [2.45, 2.75) is 45.2 Å². The lowest BCUT2D eigenvalue weighted by Gasteiger charge is -2.11. The Hall–Kier alpha value is -1.59. The van der Waals surface area contributed by atoms with Crippen LogP contribution in [-0.2, 0) is 13.0 Å². The zero-order valence-corrected chi connectivity index (χ0v) is 15.6. The molecule has 2 aromatic rings. The van der Waals surface area contributed by atoms with Crippen LogP contribution >= 0.6 is 22.9 Å². The number of hydrogen-bond acceptors (Lipinski definition) is 3. The van der Waals surface area contributed by atoms with E-state index in [2.05, 4.69) is 46.6 Å². The van der Waals surface area contributed by atoms with E-state index in [0.29, 0.717) is 18.5 Å². The molecule has 3 rings (SSSR count). The minimum Gasteiger partial charge on any atom is -0.357 e. The molecule has 0 bridgehead atoms. The quantitative estimate of drug-likeness (QED) is 0.603. The van der Waals surface area contributed by atoms with Crippen LogP contribution in [0.15, 0.2) is 35.5 Å². The first kappa shape index (κ1) is 17.2. The van der Waals surface area contributed by atoms with Crippen molar-refractivity contribution in [1.29, 1.82) is 0 Å². The maximum Gasteiger partial charge on any atom is 0.191 e. The van der Waals surface area contributed by atoms with Crippen LogP contribution in [-0.4, -0.2) is 23.5 Å². The van der Waals surface area contributed by atoms with Crippen LogP contribution < -0.4 is 10.6 Å². The minimum atomic E-state index is 0.420. The molecule has 128 valence electrons.